The summed E-state index contributed by atoms with van der Waals surface area (Å²) >= 11 is 0. The van der Waals surface area contributed by atoms with Gasteiger partial charge in [0, 0.05) is 23.6 Å². The van der Waals surface area contributed by atoms with Gasteiger partial charge in [-0.15, -0.1) is 0 Å². The Balaban J connectivity index is 1.64. The Morgan fingerprint density at radius 2 is 1.74 bits per heavy atom. The Kier molecular flexibility index (Phi) is 6.01. The summed E-state index contributed by atoms with van der Waals surface area (Å²) in [5.74, 6) is -1.14. The van der Waals surface area contributed by atoms with Crippen LogP contribution in [0.1, 0.15) is 41.0 Å². The third-order valence-corrected chi connectivity index (χ3v) is 6.57. The molecular weight excluding hydrogens is 493 g/mol. The highest BCUT2D eigenvalue weighted by Gasteiger charge is 2.46. The molecule has 0 radical (unpaired) electrons. The number of hydrogen-bond acceptors (Lipinski definition) is 4. The zero-order valence-electron chi connectivity index (χ0n) is 20.8. The van der Waals surface area contributed by atoms with E-state index in [0.29, 0.717) is 28.2 Å². The lowest BCUT2D eigenvalue weighted by atomic mass is 9.81. The lowest BCUT2D eigenvalue weighted by Gasteiger charge is -2.21. The molecule has 2 amide bonds. The molecular formula is C29H23F3N4O2. The number of amides is 2. The summed E-state index contributed by atoms with van der Waals surface area (Å²) in [5, 5.41) is 2.53. The smallest absolute Gasteiger partial charge is 0.322 e. The van der Waals surface area contributed by atoms with Crippen LogP contribution >= 0.6 is 0 Å². The molecule has 9 heteroatoms. The van der Waals surface area contributed by atoms with E-state index in [9.17, 15) is 22.8 Å². The summed E-state index contributed by atoms with van der Waals surface area (Å²) in [6.07, 6.45) is -0.579. The van der Waals surface area contributed by atoms with Gasteiger partial charge in [0.2, 0.25) is 5.91 Å². The number of nitrogens with one attached hydrogen (secondary N) is 1. The number of pyridine rings is 2. The minimum absolute atomic E-state index is 0.204. The van der Waals surface area contributed by atoms with Gasteiger partial charge in [0.05, 0.1) is 28.6 Å². The number of carbonyl (C=O) groups is 2. The monoisotopic (exact) mass is 516 g/mol. The van der Waals surface area contributed by atoms with Crippen LogP contribution < -0.4 is 10.2 Å². The van der Waals surface area contributed by atoms with E-state index in [4.69, 9.17) is 0 Å². The molecule has 1 aliphatic heterocycles. The number of hydrogen-bond donors (Lipinski definition) is 1. The Morgan fingerprint density at radius 3 is 2.39 bits per heavy atom. The number of aromatic nitrogens is 2. The molecule has 1 aliphatic rings. The van der Waals surface area contributed by atoms with Gasteiger partial charge in [0.25, 0.3) is 5.91 Å². The highest BCUT2D eigenvalue weighted by molar-refractivity contribution is 6.14. The molecule has 0 bridgehead atoms. The fourth-order valence-electron chi connectivity index (χ4n) is 4.71. The van der Waals surface area contributed by atoms with Gasteiger partial charge < -0.3 is 5.32 Å². The van der Waals surface area contributed by atoms with E-state index < -0.39 is 28.8 Å². The Hall–Kier alpha value is -4.53. The summed E-state index contributed by atoms with van der Waals surface area (Å²) < 4.78 is 41.6. The molecule has 0 spiro atoms. The van der Waals surface area contributed by atoms with E-state index >= 15 is 0 Å². The number of aryl methyl sites for hydroxylation is 1. The van der Waals surface area contributed by atoms with Crippen LogP contribution in [0.3, 0.4) is 0 Å². The molecule has 38 heavy (non-hydrogen) atoms. The van der Waals surface area contributed by atoms with Crippen molar-refractivity contribution in [3.05, 3.63) is 102 Å². The summed E-state index contributed by atoms with van der Waals surface area (Å²) in [6.45, 7) is 5.38. The number of nitrogens with zero attached hydrogens (tertiary/aromatic N) is 3. The normalized spacial score (nSPS) is 14.4. The quantitative estimate of drug-likeness (QED) is 0.328. The van der Waals surface area contributed by atoms with Crippen LogP contribution in [-0.4, -0.2) is 21.8 Å². The summed E-state index contributed by atoms with van der Waals surface area (Å²) in [4.78, 5) is 35.9. The third-order valence-electron chi connectivity index (χ3n) is 6.57. The lowest BCUT2D eigenvalue weighted by Crippen LogP contribution is -2.33. The maximum Gasteiger partial charge on any atom is 0.434 e. The average Bonchev–Trinajstić information content (AvgIpc) is 3.10. The van der Waals surface area contributed by atoms with E-state index in [2.05, 4.69) is 15.3 Å². The Bertz CT molecular complexity index is 1550. The lowest BCUT2D eigenvalue weighted by molar-refractivity contribution is -0.141. The second-order valence-electron chi connectivity index (χ2n) is 9.61. The van der Waals surface area contributed by atoms with Crippen molar-refractivity contribution in [2.75, 3.05) is 10.2 Å². The van der Waals surface area contributed by atoms with Crippen LogP contribution in [0.25, 0.3) is 11.1 Å². The minimum Gasteiger partial charge on any atom is -0.322 e. The third kappa shape index (κ3) is 4.30. The molecule has 2 aromatic heterocycles. The Morgan fingerprint density at radius 1 is 1.00 bits per heavy atom. The number of rotatable bonds is 4. The molecule has 0 fully saturated rings. The van der Waals surface area contributed by atoms with Crippen LogP contribution in [0.15, 0.2) is 79.3 Å². The first-order chi connectivity index (χ1) is 18.0. The number of anilines is 3. The molecule has 0 saturated carbocycles. The van der Waals surface area contributed by atoms with Gasteiger partial charge in [-0.05, 0) is 68.3 Å². The van der Waals surface area contributed by atoms with Gasteiger partial charge in [0.1, 0.15) is 0 Å². The van der Waals surface area contributed by atoms with Crippen LogP contribution in [0.2, 0.25) is 0 Å². The van der Waals surface area contributed by atoms with E-state index in [1.54, 1.807) is 85.7 Å². The van der Waals surface area contributed by atoms with Crippen LogP contribution in [-0.2, 0) is 16.4 Å². The van der Waals surface area contributed by atoms with Crippen molar-refractivity contribution in [2.24, 2.45) is 0 Å². The summed E-state index contributed by atoms with van der Waals surface area (Å²) in [5.41, 5.74) is 0.994. The second-order valence-corrected chi connectivity index (χ2v) is 9.61. The number of fused-ring (bicyclic) bond motifs is 1. The molecule has 1 N–H and O–H groups in total. The van der Waals surface area contributed by atoms with Crippen LogP contribution in [0.4, 0.5) is 30.2 Å². The zero-order valence-corrected chi connectivity index (χ0v) is 20.8. The van der Waals surface area contributed by atoms with Crippen molar-refractivity contribution in [3.63, 3.8) is 0 Å². The average molecular weight is 517 g/mol. The van der Waals surface area contributed by atoms with E-state index in [1.807, 2.05) is 6.92 Å². The zero-order chi connectivity index (χ0) is 27.2. The maximum absolute atomic E-state index is 13.9. The fraction of sp³-hybridized carbons (Fsp3) is 0.172. The maximum atomic E-state index is 13.9. The van der Waals surface area contributed by atoms with Gasteiger partial charge in [-0.3, -0.25) is 24.5 Å². The molecule has 4 aromatic rings. The molecule has 0 atom stereocenters. The molecule has 192 valence electrons. The predicted octanol–water partition coefficient (Wildman–Crippen LogP) is 6.68. The van der Waals surface area contributed by atoms with Crippen molar-refractivity contribution in [2.45, 2.75) is 32.4 Å². The molecule has 0 saturated heterocycles. The fourth-order valence-corrected chi connectivity index (χ4v) is 4.71. The SMILES string of the molecule is Cc1ccc(NC(=O)c2cc(-c3cccc4c3C(C)(C)C(=O)N4c3cccnc3)cnc2C(F)(F)F)cc1. The van der Waals surface area contributed by atoms with Crippen molar-refractivity contribution in [1.29, 1.82) is 0 Å². The van der Waals surface area contributed by atoms with Gasteiger partial charge >= 0.3 is 6.18 Å². The molecule has 6 nitrogen and oxygen atoms in total. The topological polar surface area (TPSA) is 75.2 Å². The van der Waals surface area contributed by atoms with Crippen molar-refractivity contribution >= 4 is 28.9 Å². The minimum atomic E-state index is -4.84. The van der Waals surface area contributed by atoms with Gasteiger partial charge in [0.15, 0.2) is 5.69 Å². The molecule has 3 heterocycles. The molecule has 0 unspecified atom stereocenters. The van der Waals surface area contributed by atoms with Gasteiger partial charge in [-0.1, -0.05) is 29.8 Å². The first kappa shape index (κ1) is 25.1. The van der Waals surface area contributed by atoms with E-state index in [-0.39, 0.29) is 11.5 Å². The highest BCUT2D eigenvalue weighted by Crippen LogP contribution is 2.49. The number of halogens is 3. The van der Waals surface area contributed by atoms with Gasteiger partial charge in [-0.2, -0.15) is 13.2 Å². The highest BCUT2D eigenvalue weighted by atomic mass is 19.4. The van der Waals surface area contributed by atoms with E-state index in [0.717, 1.165) is 11.8 Å². The molecule has 0 aliphatic carbocycles. The number of carbonyl (C=O) groups excluding carboxylic acids is 2. The predicted molar refractivity (Wildman–Crippen MR) is 138 cm³/mol. The molecule has 5 rings (SSSR count). The van der Waals surface area contributed by atoms with E-state index in [1.165, 1.54) is 6.07 Å². The number of alkyl halides is 3. The summed E-state index contributed by atoms with van der Waals surface area (Å²) in [7, 11) is 0. The van der Waals surface area contributed by atoms with Crippen molar-refractivity contribution in [3.8, 4) is 11.1 Å². The Labute approximate surface area is 217 Å². The van der Waals surface area contributed by atoms with Gasteiger partial charge in [-0.25, -0.2) is 0 Å². The largest absolute Gasteiger partial charge is 0.434 e. The van der Waals surface area contributed by atoms with Crippen LogP contribution in [0.5, 0.6) is 0 Å². The first-order valence-electron chi connectivity index (χ1n) is 11.8. The molecule has 2 aromatic carbocycles. The van der Waals surface area contributed by atoms with Crippen molar-refractivity contribution < 1.29 is 22.8 Å². The summed E-state index contributed by atoms with van der Waals surface area (Å²) in [6, 6.07) is 16.6. The van der Waals surface area contributed by atoms with Crippen molar-refractivity contribution in [1.82, 2.24) is 9.97 Å². The standard InChI is InChI=1S/C29H23F3N4O2/c1-17-9-11-19(12-10-17)35-26(37)22-14-18(15-34-25(22)29(30,31)32)21-7-4-8-23-24(21)28(2,3)27(38)36(23)20-6-5-13-33-16-20/h4-16H,1-3H3,(H,35,37). The second kappa shape index (κ2) is 9.09. The first-order valence-corrected chi connectivity index (χ1v) is 11.8. The number of benzene rings is 2. The van der Waals surface area contributed by atoms with Crippen LogP contribution in [0, 0.1) is 6.92 Å².